The summed E-state index contributed by atoms with van der Waals surface area (Å²) in [6.45, 7) is 3.99. The molecule has 1 aromatic carbocycles. The molecule has 0 radical (unpaired) electrons. The minimum atomic E-state index is -0.251. The zero-order valence-electron chi connectivity index (χ0n) is 21.6. The summed E-state index contributed by atoms with van der Waals surface area (Å²) in [6, 6.07) is 7.26. The largest absolute Gasteiger partial charge is 0.377 e. The molecule has 6 rings (SSSR count). The van der Waals surface area contributed by atoms with Gasteiger partial charge in [-0.3, -0.25) is 18.4 Å². The molecule has 1 atom stereocenters. The molecule has 0 amide bonds. The van der Waals surface area contributed by atoms with E-state index >= 15 is 0 Å². The molecule has 0 aliphatic heterocycles. The van der Waals surface area contributed by atoms with Crippen LogP contribution in [0.25, 0.3) is 39.3 Å². The number of aromatic nitrogens is 9. The second kappa shape index (κ2) is 9.17. The second-order valence-electron chi connectivity index (χ2n) is 9.37. The summed E-state index contributed by atoms with van der Waals surface area (Å²) in [7, 11) is 3.52. The van der Waals surface area contributed by atoms with Crippen molar-refractivity contribution in [1.29, 1.82) is 0 Å². The summed E-state index contributed by atoms with van der Waals surface area (Å²) >= 11 is 6.22. The van der Waals surface area contributed by atoms with Crippen LogP contribution in [0.15, 0.2) is 54.1 Å². The van der Waals surface area contributed by atoms with Crippen LogP contribution in [0.4, 0.5) is 11.6 Å². The molecule has 0 bridgehead atoms. The fraction of sp³-hybridized carbons (Fsp3) is 0.192. The number of aryl methyl sites for hydroxylation is 3. The van der Waals surface area contributed by atoms with Gasteiger partial charge in [-0.2, -0.15) is 0 Å². The summed E-state index contributed by atoms with van der Waals surface area (Å²) in [5, 5.41) is 8.84. The number of hydrogen-bond donors (Lipinski definition) is 2. The molecule has 0 saturated heterocycles. The molecule has 6 aromatic rings. The summed E-state index contributed by atoms with van der Waals surface area (Å²) in [6.07, 6.45) is 6.51. The molecule has 39 heavy (non-hydrogen) atoms. The van der Waals surface area contributed by atoms with Crippen molar-refractivity contribution in [3.05, 3.63) is 75.9 Å². The average Bonchev–Trinajstić information content (AvgIpc) is 3.55. The molecule has 13 heteroatoms. The molecule has 196 valence electrons. The number of benzene rings is 1. The molecular weight excluding hydrogens is 518 g/mol. The molecule has 1 unspecified atom stereocenters. The third-order valence-corrected chi connectivity index (χ3v) is 6.79. The number of anilines is 2. The van der Waals surface area contributed by atoms with Gasteiger partial charge in [0.15, 0.2) is 0 Å². The Morgan fingerprint density at radius 3 is 2.51 bits per heavy atom. The predicted octanol–water partition coefficient (Wildman–Crippen LogP) is 3.55. The van der Waals surface area contributed by atoms with Crippen LogP contribution in [0.2, 0.25) is 5.15 Å². The Hall–Kier alpha value is -4.84. The Morgan fingerprint density at radius 2 is 1.79 bits per heavy atom. The summed E-state index contributed by atoms with van der Waals surface area (Å²) in [4.78, 5) is 35.3. The van der Waals surface area contributed by atoms with Crippen LogP contribution >= 0.6 is 11.6 Å². The fourth-order valence-electron chi connectivity index (χ4n) is 4.82. The molecule has 0 aliphatic rings. The lowest BCUT2D eigenvalue weighted by Gasteiger charge is -2.21. The molecule has 0 aliphatic carbocycles. The number of nitrogens with zero attached hydrogens (tertiary/aromatic N) is 9. The molecular formula is C26H24ClN11O. The Balaban J connectivity index is 1.54. The number of imidazole rings is 1. The first-order chi connectivity index (χ1) is 18.7. The van der Waals surface area contributed by atoms with Crippen molar-refractivity contribution in [2.45, 2.75) is 19.9 Å². The monoisotopic (exact) mass is 541 g/mol. The second-order valence-corrected chi connectivity index (χ2v) is 9.76. The third kappa shape index (κ3) is 4.14. The Labute approximate surface area is 227 Å². The molecule has 12 nitrogen and oxygen atoms in total. The lowest BCUT2D eigenvalue weighted by Crippen LogP contribution is -2.21. The maximum Gasteiger partial charge on any atom is 0.261 e. The van der Waals surface area contributed by atoms with Gasteiger partial charge in [0.05, 0.1) is 22.6 Å². The summed E-state index contributed by atoms with van der Waals surface area (Å²) in [5.74, 6) is 0.612. The Morgan fingerprint density at radius 1 is 1.03 bits per heavy atom. The third-order valence-electron chi connectivity index (χ3n) is 6.58. The minimum absolute atomic E-state index is 0.140. The van der Waals surface area contributed by atoms with E-state index in [4.69, 9.17) is 17.3 Å². The maximum absolute atomic E-state index is 13.6. The zero-order valence-corrected chi connectivity index (χ0v) is 22.3. The first kappa shape index (κ1) is 24.5. The molecule has 5 heterocycles. The molecule has 3 N–H and O–H groups in total. The minimum Gasteiger partial charge on any atom is -0.377 e. The van der Waals surface area contributed by atoms with Crippen LogP contribution in [0.1, 0.15) is 24.1 Å². The van der Waals surface area contributed by atoms with Crippen LogP contribution in [-0.2, 0) is 14.1 Å². The van der Waals surface area contributed by atoms with Crippen molar-refractivity contribution < 1.29 is 0 Å². The smallest absolute Gasteiger partial charge is 0.261 e. The Bertz CT molecular complexity index is 1940. The van der Waals surface area contributed by atoms with E-state index in [-0.39, 0.29) is 17.5 Å². The van der Waals surface area contributed by atoms with E-state index in [1.807, 2.05) is 30.4 Å². The van der Waals surface area contributed by atoms with Crippen molar-refractivity contribution >= 4 is 39.8 Å². The SMILES string of the molecule is Cc1cc(C(C)Nc2ccc(Cl)nc2-c2ncn(C)n2)c2c(c1)c(=O)n(C)c1c(-c3cnc(N)nc3)ncn21. The van der Waals surface area contributed by atoms with Crippen LogP contribution < -0.4 is 16.6 Å². The number of halogens is 1. The van der Waals surface area contributed by atoms with Gasteiger partial charge in [0.25, 0.3) is 5.56 Å². The van der Waals surface area contributed by atoms with Gasteiger partial charge in [-0.1, -0.05) is 17.7 Å². The number of rotatable bonds is 5. The highest BCUT2D eigenvalue weighted by atomic mass is 35.5. The van der Waals surface area contributed by atoms with E-state index in [2.05, 4.69) is 41.4 Å². The summed E-state index contributed by atoms with van der Waals surface area (Å²) in [5.41, 5.74) is 11.2. The van der Waals surface area contributed by atoms with Gasteiger partial charge >= 0.3 is 0 Å². The highest BCUT2D eigenvalue weighted by Crippen LogP contribution is 2.33. The van der Waals surface area contributed by atoms with Crippen LogP contribution in [0, 0.1) is 6.92 Å². The number of hydrogen-bond acceptors (Lipinski definition) is 9. The standard InChI is InChI=1S/C26H24ClN11O/c1-13-7-16(14(2)33-18-5-6-19(27)34-21(18)23-32-11-36(3)35-23)22-17(8-13)25(39)37(4)24-20(31-12-38(22)24)15-9-29-26(28)30-10-15/h5-12,14,33H,1-4H3,(H2,28,29,30). The molecule has 5 aromatic heterocycles. The van der Waals surface area contributed by atoms with Crippen molar-refractivity contribution in [3.8, 4) is 22.8 Å². The van der Waals surface area contributed by atoms with E-state index in [1.165, 1.54) is 0 Å². The first-order valence-electron chi connectivity index (χ1n) is 12.1. The lowest BCUT2D eigenvalue weighted by molar-refractivity contribution is 0.767. The summed E-state index contributed by atoms with van der Waals surface area (Å²) < 4.78 is 5.13. The zero-order chi connectivity index (χ0) is 27.4. The number of fused-ring (bicyclic) bond motifs is 3. The van der Waals surface area contributed by atoms with E-state index in [0.29, 0.717) is 44.6 Å². The topological polar surface area (TPSA) is 147 Å². The van der Waals surface area contributed by atoms with E-state index in [0.717, 1.165) is 16.6 Å². The van der Waals surface area contributed by atoms with E-state index < -0.39 is 0 Å². The normalized spacial score (nSPS) is 12.3. The average molecular weight is 542 g/mol. The van der Waals surface area contributed by atoms with Crippen molar-refractivity contribution in [2.24, 2.45) is 14.1 Å². The van der Waals surface area contributed by atoms with Gasteiger partial charge in [-0.15, -0.1) is 5.10 Å². The molecule has 0 saturated carbocycles. The van der Waals surface area contributed by atoms with Crippen molar-refractivity contribution in [2.75, 3.05) is 11.1 Å². The lowest BCUT2D eigenvalue weighted by atomic mass is 10.0. The van der Waals surface area contributed by atoms with Gasteiger partial charge in [-0.25, -0.2) is 24.9 Å². The van der Waals surface area contributed by atoms with E-state index in [1.54, 1.807) is 54.5 Å². The maximum atomic E-state index is 13.6. The van der Waals surface area contributed by atoms with Crippen molar-refractivity contribution in [1.82, 2.24) is 43.7 Å². The molecule has 0 spiro atoms. The highest BCUT2D eigenvalue weighted by Gasteiger charge is 2.22. The van der Waals surface area contributed by atoms with Gasteiger partial charge < -0.3 is 11.1 Å². The Kier molecular flexibility index (Phi) is 5.76. The first-order valence-corrected chi connectivity index (χ1v) is 12.5. The number of nitrogen functional groups attached to an aromatic ring is 1. The number of pyridine rings is 1. The van der Waals surface area contributed by atoms with Crippen LogP contribution in [0.3, 0.4) is 0 Å². The number of nitrogens with one attached hydrogen (secondary N) is 1. The van der Waals surface area contributed by atoms with Gasteiger partial charge in [0, 0.05) is 32.1 Å². The number of nitrogens with two attached hydrogens (primary N) is 1. The van der Waals surface area contributed by atoms with Gasteiger partial charge in [-0.05, 0) is 43.2 Å². The van der Waals surface area contributed by atoms with Gasteiger partial charge in [0.1, 0.15) is 34.8 Å². The predicted molar refractivity (Wildman–Crippen MR) is 149 cm³/mol. The fourth-order valence-corrected chi connectivity index (χ4v) is 4.96. The van der Waals surface area contributed by atoms with Gasteiger partial charge in [0.2, 0.25) is 11.8 Å². The quantitative estimate of drug-likeness (QED) is 0.313. The van der Waals surface area contributed by atoms with Crippen LogP contribution in [0.5, 0.6) is 0 Å². The van der Waals surface area contributed by atoms with E-state index in [9.17, 15) is 4.79 Å². The van der Waals surface area contributed by atoms with Crippen molar-refractivity contribution in [3.63, 3.8) is 0 Å². The van der Waals surface area contributed by atoms with Crippen LogP contribution in [-0.4, -0.2) is 43.7 Å². The highest BCUT2D eigenvalue weighted by molar-refractivity contribution is 6.29. The molecule has 0 fully saturated rings.